The van der Waals surface area contributed by atoms with Crippen molar-refractivity contribution in [3.05, 3.63) is 35.4 Å². The average Bonchev–Trinajstić information content (AvgIpc) is 2.44. The van der Waals surface area contributed by atoms with Crippen molar-refractivity contribution in [2.45, 2.75) is 39.2 Å². The predicted molar refractivity (Wildman–Crippen MR) is 82.5 cm³/mol. The minimum atomic E-state index is -0.926. The summed E-state index contributed by atoms with van der Waals surface area (Å²) in [4.78, 5) is 22.3. The third-order valence-corrected chi connectivity index (χ3v) is 3.07. The van der Waals surface area contributed by atoms with Crippen molar-refractivity contribution in [2.24, 2.45) is 0 Å². The highest BCUT2D eigenvalue weighted by atomic mass is 16.4. The standard InChI is InChI=1S/C16H24N2O3/c1-12(2)17-10-3-4-15(19)18-11-9-13-5-7-14(8-6-13)16(20)21/h5-8,12,17H,3-4,9-11H2,1-2H3,(H,18,19)(H,20,21). The first kappa shape index (κ1) is 17.2. The lowest BCUT2D eigenvalue weighted by molar-refractivity contribution is -0.121. The van der Waals surface area contributed by atoms with E-state index in [9.17, 15) is 9.59 Å². The molecule has 1 aromatic rings. The van der Waals surface area contributed by atoms with Crippen LogP contribution in [-0.4, -0.2) is 36.1 Å². The van der Waals surface area contributed by atoms with Crippen LogP contribution in [0.5, 0.6) is 0 Å². The Bertz CT molecular complexity index is 455. The Hall–Kier alpha value is -1.88. The number of carboxylic acid groups (broad SMARTS) is 1. The monoisotopic (exact) mass is 292 g/mol. The van der Waals surface area contributed by atoms with Gasteiger partial charge in [0.25, 0.3) is 0 Å². The number of rotatable bonds is 9. The van der Waals surface area contributed by atoms with Crippen LogP contribution < -0.4 is 10.6 Å². The summed E-state index contributed by atoms with van der Waals surface area (Å²) in [6.07, 6.45) is 2.06. The molecule has 0 aliphatic carbocycles. The van der Waals surface area contributed by atoms with Crippen molar-refractivity contribution in [3.63, 3.8) is 0 Å². The second-order valence-corrected chi connectivity index (χ2v) is 5.31. The molecule has 0 aliphatic heterocycles. The summed E-state index contributed by atoms with van der Waals surface area (Å²) in [5.74, 6) is -0.868. The van der Waals surface area contributed by atoms with E-state index in [0.717, 1.165) is 18.5 Å². The number of carboxylic acids is 1. The SMILES string of the molecule is CC(C)NCCCC(=O)NCCc1ccc(C(=O)O)cc1. The summed E-state index contributed by atoms with van der Waals surface area (Å²) >= 11 is 0. The van der Waals surface area contributed by atoms with Crippen LogP contribution in [0.15, 0.2) is 24.3 Å². The lowest BCUT2D eigenvalue weighted by Gasteiger charge is -2.08. The van der Waals surface area contributed by atoms with Gasteiger partial charge in [0.2, 0.25) is 5.91 Å². The molecule has 5 nitrogen and oxygen atoms in total. The first-order valence-corrected chi connectivity index (χ1v) is 7.31. The lowest BCUT2D eigenvalue weighted by atomic mass is 10.1. The summed E-state index contributed by atoms with van der Waals surface area (Å²) in [5.41, 5.74) is 1.29. The molecule has 1 amide bonds. The number of amides is 1. The van der Waals surface area contributed by atoms with E-state index in [0.29, 0.717) is 25.4 Å². The fourth-order valence-electron chi connectivity index (χ4n) is 1.89. The highest BCUT2D eigenvalue weighted by Crippen LogP contribution is 2.04. The summed E-state index contributed by atoms with van der Waals surface area (Å²) in [7, 11) is 0. The maximum atomic E-state index is 11.6. The third-order valence-electron chi connectivity index (χ3n) is 3.07. The number of aromatic carboxylic acids is 1. The van der Waals surface area contributed by atoms with E-state index in [1.807, 2.05) is 0 Å². The van der Waals surface area contributed by atoms with Crippen LogP contribution in [0.4, 0.5) is 0 Å². The lowest BCUT2D eigenvalue weighted by Crippen LogP contribution is -2.28. The smallest absolute Gasteiger partial charge is 0.335 e. The van der Waals surface area contributed by atoms with Gasteiger partial charge in [0.1, 0.15) is 0 Å². The van der Waals surface area contributed by atoms with E-state index in [1.165, 1.54) is 0 Å². The molecule has 0 unspecified atom stereocenters. The number of hydrogen-bond donors (Lipinski definition) is 3. The van der Waals surface area contributed by atoms with E-state index in [-0.39, 0.29) is 11.5 Å². The van der Waals surface area contributed by atoms with Crippen molar-refractivity contribution in [2.75, 3.05) is 13.1 Å². The van der Waals surface area contributed by atoms with E-state index >= 15 is 0 Å². The maximum Gasteiger partial charge on any atom is 0.335 e. The fraction of sp³-hybridized carbons (Fsp3) is 0.500. The summed E-state index contributed by atoms with van der Waals surface area (Å²) in [5, 5.41) is 14.9. The zero-order chi connectivity index (χ0) is 15.7. The molecule has 0 radical (unpaired) electrons. The largest absolute Gasteiger partial charge is 0.478 e. The highest BCUT2D eigenvalue weighted by Gasteiger charge is 2.03. The van der Waals surface area contributed by atoms with Gasteiger partial charge in [0.05, 0.1) is 5.56 Å². The first-order chi connectivity index (χ1) is 9.99. The molecule has 0 atom stereocenters. The number of nitrogens with one attached hydrogen (secondary N) is 2. The predicted octanol–water partition coefficient (Wildman–Crippen LogP) is 1.82. The molecule has 1 aromatic carbocycles. The van der Waals surface area contributed by atoms with Crippen LogP contribution in [0.1, 0.15) is 42.6 Å². The van der Waals surface area contributed by atoms with E-state index in [2.05, 4.69) is 24.5 Å². The summed E-state index contributed by atoms with van der Waals surface area (Å²) in [6, 6.07) is 7.17. The van der Waals surface area contributed by atoms with Gasteiger partial charge in [-0.2, -0.15) is 0 Å². The van der Waals surface area contributed by atoms with Crippen molar-refractivity contribution in [1.82, 2.24) is 10.6 Å². The number of hydrogen-bond acceptors (Lipinski definition) is 3. The third kappa shape index (κ3) is 7.46. The average molecular weight is 292 g/mol. The van der Waals surface area contributed by atoms with Crippen LogP contribution >= 0.6 is 0 Å². The molecule has 0 aliphatic rings. The summed E-state index contributed by atoms with van der Waals surface area (Å²) < 4.78 is 0. The van der Waals surface area contributed by atoms with Crippen LogP contribution in [0.2, 0.25) is 0 Å². The minimum absolute atomic E-state index is 0.0581. The highest BCUT2D eigenvalue weighted by molar-refractivity contribution is 5.87. The quantitative estimate of drug-likeness (QED) is 0.607. The van der Waals surface area contributed by atoms with Crippen LogP contribution in [-0.2, 0) is 11.2 Å². The van der Waals surface area contributed by atoms with Gasteiger partial charge in [-0.15, -0.1) is 0 Å². The summed E-state index contributed by atoms with van der Waals surface area (Å²) in [6.45, 7) is 5.58. The van der Waals surface area contributed by atoms with Crippen LogP contribution in [0.3, 0.4) is 0 Å². The second-order valence-electron chi connectivity index (χ2n) is 5.31. The maximum absolute atomic E-state index is 11.6. The fourth-order valence-corrected chi connectivity index (χ4v) is 1.89. The molecule has 0 spiro atoms. The molecule has 21 heavy (non-hydrogen) atoms. The molecule has 3 N–H and O–H groups in total. The zero-order valence-electron chi connectivity index (χ0n) is 12.7. The van der Waals surface area contributed by atoms with Gasteiger partial charge in [0, 0.05) is 19.0 Å². The van der Waals surface area contributed by atoms with E-state index in [1.54, 1.807) is 24.3 Å². The van der Waals surface area contributed by atoms with Gasteiger partial charge in [-0.25, -0.2) is 4.79 Å². The van der Waals surface area contributed by atoms with E-state index in [4.69, 9.17) is 5.11 Å². The zero-order valence-corrected chi connectivity index (χ0v) is 12.7. The molecule has 5 heteroatoms. The molecule has 116 valence electrons. The molecule has 0 saturated carbocycles. The Balaban J connectivity index is 2.18. The van der Waals surface area contributed by atoms with Crippen molar-refractivity contribution in [1.29, 1.82) is 0 Å². The molecule has 0 bridgehead atoms. The van der Waals surface area contributed by atoms with Crippen molar-refractivity contribution < 1.29 is 14.7 Å². The van der Waals surface area contributed by atoms with Gasteiger partial charge < -0.3 is 15.7 Å². The van der Waals surface area contributed by atoms with Gasteiger partial charge in [-0.05, 0) is 37.1 Å². The minimum Gasteiger partial charge on any atom is -0.478 e. The Morgan fingerprint density at radius 3 is 2.38 bits per heavy atom. The molecule has 1 rings (SSSR count). The Morgan fingerprint density at radius 1 is 1.14 bits per heavy atom. The van der Waals surface area contributed by atoms with Crippen LogP contribution in [0.25, 0.3) is 0 Å². The molecule has 0 heterocycles. The van der Waals surface area contributed by atoms with Crippen molar-refractivity contribution >= 4 is 11.9 Å². The molecular formula is C16H24N2O3. The van der Waals surface area contributed by atoms with Crippen molar-refractivity contribution in [3.8, 4) is 0 Å². The Labute approximate surface area is 125 Å². The number of benzene rings is 1. The van der Waals surface area contributed by atoms with Gasteiger partial charge in [0.15, 0.2) is 0 Å². The van der Waals surface area contributed by atoms with Gasteiger partial charge in [-0.1, -0.05) is 26.0 Å². The van der Waals surface area contributed by atoms with Gasteiger partial charge >= 0.3 is 5.97 Å². The normalized spacial score (nSPS) is 10.6. The van der Waals surface area contributed by atoms with E-state index < -0.39 is 5.97 Å². The molecule has 0 saturated heterocycles. The molecular weight excluding hydrogens is 268 g/mol. The number of carbonyl (C=O) groups excluding carboxylic acids is 1. The number of carbonyl (C=O) groups is 2. The van der Waals surface area contributed by atoms with Gasteiger partial charge in [-0.3, -0.25) is 4.79 Å². The Kier molecular flexibility index (Phi) is 7.46. The first-order valence-electron chi connectivity index (χ1n) is 7.31. The van der Waals surface area contributed by atoms with Crippen LogP contribution in [0, 0.1) is 0 Å². The topological polar surface area (TPSA) is 78.4 Å². The molecule has 0 aromatic heterocycles. The second kappa shape index (κ2) is 9.13. The Morgan fingerprint density at radius 2 is 1.81 bits per heavy atom. The molecule has 0 fully saturated rings.